The molecule has 0 saturated heterocycles. The molecule has 0 heterocycles. The van der Waals surface area contributed by atoms with Crippen LogP contribution in [0.25, 0.3) is 0 Å². The van der Waals surface area contributed by atoms with E-state index in [2.05, 4.69) is 33.9 Å². The van der Waals surface area contributed by atoms with E-state index in [-0.39, 0.29) is 5.04 Å². The zero-order valence-electron chi connectivity index (χ0n) is 13.2. The zero-order valence-corrected chi connectivity index (χ0v) is 14.2. The zero-order chi connectivity index (χ0) is 15.2. The molecule has 0 aromatic heterocycles. The summed E-state index contributed by atoms with van der Waals surface area (Å²) in [5.74, 6) is 0. The molecule has 0 N–H and O–H groups in total. The van der Waals surface area contributed by atoms with Gasteiger partial charge in [-0.05, 0) is 23.7 Å². The van der Waals surface area contributed by atoms with E-state index in [0.29, 0.717) is 13.2 Å². The molecular formula is C16H26O3Si. The van der Waals surface area contributed by atoms with Gasteiger partial charge >= 0.3 is 0 Å². The van der Waals surface area contributed by atoms with Gasteiger partial charge in [0.05, 0.1) is 13.2 Å². The molecule has 1 aromatic rings. The molecule has 0 radical (unpaired) electrons. The van der Waals surface area contributed by atoms with E-state index in [9.17, 15) is 4.79 Å². The Labute approximate surface area is 123 Å². The first kappa shape index (κ1) is 17.1. The number of hydrogen-bond acceptors (Lipinski definition) is 3. The summed E-state index contributed by atoms with van der Waals surface area (Å²) < 4.78 is 11.6. The summed E-state index contributed by atoms with van der Waals surface area (Å²) in [4.78, 5) is 11.1. The lowest BCUT2D eigenvalue weighted by Gasteiger charge is -2.36. The summed E-state index contributed by atoms with van der Waals surface area (Å²) in [7, 11) is -1.83. The minimum atomic E-state index is -1.83. The van der Waals surface area contributed by atoms with E-state index < -0.39 is 14.4 Å². The highest BCUT2D eigenvalue weighted by molar-refractivity contribution is 6.74. The molecule has 0 unspecified atom stereocenters. The molecule has 112 valence electrons. The van der Waals surface area contributed by atoms with Crippen LogP contribution in [0.5, 0.6) is 0 Å². The molecular weight excluding hydrogens is 268 g/mol. The van der Waals surface area contributed by atoms with Crippen molar-refractivity contribution in [1.82, 2.24) is 0 Å². The number of rotatable bonds is 7. The maximum absolute atomic E-state index is 11.1. The van der Waals surface area contributed by atoms with Gasteiger partial charge in [-0.2, -0.15) is 0 Å². The van der Waals surface area contributed by atoms with E-state index >= 15 is 0 Å². The van der Waals surface area contributed by atoms with Gasteiger partial charge in [0.1, 0.15) is 6.10 Å². The lowest BCUT2D eigenvalue weighted by molar-refractivity contribution is -0.121. The minimum absolute atomic E-state index is 0.139. The Kier molecular flexibility index (Phi) is 6.11. The van der Waals surface area contributed by atoms with E-state index in [4.69, 9.17) is 9.16 Å². The Balaban J connectivity index is 2.46. The van der Waals surface area contributed by atoms with Crippen molar-refractivity contribution >= 4 is 14.6 Å². The molecule has 1 atom stereocenters. The Morgan fingerprint density at radius 1 is 1.20 bits per heavy atom. The summed E-state index contributed by atoms with van der Waals surface area (Å²) in [6.45, 7) is 11.7. The standard InChI is InChI=1S/C16H26O3Si/c1-16(2,3)20(4,5)19-13-15(11-17)18-12-14-9-7-6-8-10-14/h6-11,15H,12-13H2,1-5H3/t15-/m1/s1. The molecule has 3 nitrogen and oxygen atoms in total. The number of ether oxygens (including phenoxy) is 1. The first-order valence-corrected chi connectivity index (χ1v) is 9.92. The van der Waals surface area contributed by atoms with Crippen LogP contribution in [0, 0.1) is 0 Å². The van der Waals surface area contributed by atoms with Gasteiger partial charge in [-0.15, -0.1) is 0 Å². The molecule has 0 aliphatic heterocycles. The normalized spacial score (nSPS) is 14.1. The highest BCUT2D eigenvalue weighted by Crippen LogP contribution is 2.36. The summed E-state index contributed by atoms with van der Waals surface area (Å²) in [6, 6.07) is 9.84. The SMILES string of the molecule is CC(C)(C)[Si](C)(C)OC[C@@H](C=O)OCc1ccccc1. The van der Waals surface area contributed by atoms with Crippen molar-refractivity contribution in [2.75, 3.05) is 6.61 Å². The highest BCUT2D eigenvalue weighted by atomic mass is 28.4. The average Bonchev–Trinajstić information content (AvgIpc) is 2.39. The molecule has 4 heteroatoms. The molecule has 0 saturated carbocycles. The first-order chi connectivity index (χ1) is 9.26. The second-order valence-electron chi connectivity index (χ2n) is 6.54. The Hall–Kier alpha value is -0.973. The first-order valence-electron chi connectivity index (χ1n) is 7.01. The van der Waals surface area contributed by atoms with Gasteiger partial charge in [0.25, 0.3) is 0 Å². The number of carbonyl (C=O) groups is 1. The van der Waals surface area contributed by atoms with Crippen LogP contribution in [0.15, 0.2) is 30.3 Å². The third-order valence-electron chi connectivity index (χ3n) is 3.87. The minimum Gasteiger partial charge on any atom is -0.414 e. The summed E-state index contributed by atoms with van der Waals surface area (Å²) in [5.41, 5.74) is 1.06. The number of aldehydes is 1. The van der Waals surface area contributed by atoms with Crippen LogP contribution in [0.3, 0.4) is 0 Å². The Bertz CT molecular complexity index is 409. The van der Waals surface area contributed by atoms with Crippen LogP contribution in [0.1, 0.15) is 26.3 Å². The Morgan fingerprint density at radius 2 is 1.80 bits per heavy atom. The molecule has 20 heavy (non-hydrogen) atoms. The molecule has 0 bridgehead atoms. The quantitative estimate of drug-likeness (QED) is 0.567. The number of hydrogen-bond donors (Lipinski definition) is 0. The number of carbonyl (C=O) groups excluding carboxylic acids is 1. The van der Waals surface area contributed by atoms with E-state index in [1.165, 1.54) is 0 Å². The molecule has 0 fully saturated rings. The van der Waals surface area contributed by atoms with Gasteiger partial charge in [0.15, 0.2) is 14.6 Å². The van der Waals surface area contributed by atoms with Gasteiger partial charge in [-0.3, -0.25) is 0 Å². The molecule has 0 aliphatic rings. The largest absolute Gasteiger partial charge is 0.414 e. The smallest absolute Gasteiger partial charge is 0.192 e. The number of benzene rings is 1. The molecule has 0 aliphatic carbocycles. The molecule has 0 amide bonds. The predicted molar refractivity (Wildman–Crippen MR) is 84.2 cm³/mol. The van der Waals surface area contributed by atoms with Crippen LogP contribution in [0.4, 0.5) is 0 Å². The van der Waals surface area contributed by atoms with Crippen molar-refractivity contribution in [2.24, 2.45) is 0 Å². The lowest BCUT2D eigenvalue weighted by atomic mass is 10.2. The van der Waals surface area contributed by atoms with Crippen molar-refractivity contribution < 1.29 is 14.0 Å². The fraction of sp³-hybridized carbons (Fsp3) is 0.562. The average molecular weight is 294 g/mol. The third-order valence-corrected chi connectivity index (χ3v) is 8.37. The maximum Gasteiger partial charge on any atom is 0.192 e. The molecule has 1 rings (SSSR count). The van der Waals surface area contributed by atoms with Gasteiger partial charge in [-0.1, -0.05) is 51.1 Å². The van der Waals surface area contributed by atoms with Gasteiger partial charge in [-0.25, -0.2) is 0 Å². The van der Waals surface area contributed by atoms with Crippen molar-refractivity contribution in [3.05, 3.63) is 35.9 Å². The summed E-state index contributed by atoms with van der Waals surface area (Å²) >= 11 is 0. The summed E-state index contributed by atoms with van der Waals surface area (Å²) in [5, 5.41) is 0.139. The maximum atomic E-state index is 11.1. The second kappa shape index (κ2) is 7.15. The van der Waals surface area contributed by atoms with Crippen LogP contribution in [-0.2, 0) is 20.6 Å². The van der Waals surface area contributed by atoms with Crippen LogP contribution < -0.4 is 0 Å². The lowest BCUT2D eigenvalue weighted by Crippen LogP contribution is -2.43. The molecule has 0 spiro atoms. The third kappa shape index (κ3) is 5.19. The predicted octanol–water partition coefficient (Wildman–Crippen LogP) is 3.79. The van der Waals surface area contributed by atoms with E-state index in [1.807, 2.05) is 30.3 Å². The monoisotopic (exact) mass is 294 g/mol. The van der Waals surface area contributed by atoms with Crippen molar-refractivity contribution in [2.45, 2.75) is 51.6 Å². The van der Waals surface area contributed by atoms with E-state index in [1.54, 1.807) is 0 Å². The summed E-state index contributed by atoms with van der Waals surface area (Å²) in [6.07, 6.45) is 0.333. The fourth-order valence-electron chi connectivity index (χ4n) is 1.41. The van der Waals surface area contributed by atoms with E-state index in [0.717, 1.165) is 11.8 Å². The van der Waals surface area contributed by atoms with Crippen LogP contribution >= 0.6 is 0 Å². The molecule has 1 aromatic carbocycles. The van der Waals surface area contributed by atoms with Gasteiger partial charge < -0.3 is 14.0 Å². The topological polar surface area (TPSA) is 35.5 Å². The fourth-order valence-corrected chi connectivity index (χ4v) is 2.43. The van der Waals surface area contributed by atoms with Crippen LogP contribution in [-0.4, -0.2) is 27.3 Å². The second-order valence-corrected chi connectivity index (χ2v) is 11.4. The van der Waals surface area contributed by atoms with Crippen LogP contribution in [0.2, 0.25) is 18.1 Å². The van der Waals surface area contributed by atoms with Gasteiger partial charge in [0, 0.05) is 0 Å². The van der Waals surface area contributed by atoms with Crippen molar-refractivity contribution in [1.29, 1.82) is 0 Å². The highest BCUT2D eigenvalue weighted by Gasteiger charge is 2.37. The van der Waals surface area contributed by atoms with Crippen molar-refractivity contribution in [3.63, 3.8) is 0 Å². The Morgan fingerprint density at radius 3 is 2.30 bits per heavy atom. The van der Waals surface area contributed by atoms with Gasteiger partial charge in [0.2, 0.25) is 0 Å². The van der Waals surface area contributed by atoms with Crippen molar-refractivity contribution in [3.8, 4) is 0 Å².